The van der Waals surface area contributed by atoms with Crippen molar-refractivity contribution >= 4 is 39.1 Å². The van der Waals surface area contributed by atoms with Gasteiger partial charge in [-0.25, -0.2) is 4.39 Å². The van der Waals surface area contributed by atoms with Gasteiger partial charge in [0.1, 0.15) is 5.82 Å². The second-order valence-electron chi connectivity index (χ2n) is 5.38. The van der Waals surface area contributed by atoms with Crippen LogP contribution in [0.3, 0.4) is 0 Å². The topological polar surface area (TPSA) is 64.7 Å². The van der Waals surface area contributed by atoms with Gasteiger partial charge in [-0.05, 0) is 33.6 Å². The predicted octanol–water partition coefficient (Wildman–Crippen LogP) is 3.71. The van der Waals surface area contributed by atoms with Crippen molar-refractivity contribution < 1.29 is 9.18 Å². The van der Waals surface area contributed by atoms with Crippen LogP contribution < -0.4 is 5.32 Å². The van der Waals surface area contributed by atoms with E-state index in [1.165, 1.54) is 12.1 Å². The second-order valence-corrected chi connectivity index (χ2v) is 6.70. The highest BCUT2D eigenvalue weighted by molar-refractivity contribution is 9.10. The molecule has 0 aliphatic rings. The van der Waals surface area contributed by atoms with E-state index in [1.807, 2.05) is 0 Å². The molecule has 2 heterocycles. The molecule has 0 bridgehead atoms. The van der Waals surface area contributed by atoms with E-state index in [9.17, 15) is 9.18 Å². The van der Waals surface area contributed by atoms with Crippen LogP contribution in [-0.4, -0.2) is 25.5 Å². The van der Waals surface area contributed by atoms with Crippen LogP contribution in [0.5, 0.6) is 0 Å². The van der Waals surface area contributed by atoms with Gasteiger partial charge < -0.3 is 5.32 Å². The molecule has 25 heavy (non-hydrogen) atoms. The number of anilines is 1. The third-order valence-electron chi connectivity index (χ3n) is 3.43. The number of hydrogen-bond acceptors (Lipinski definition) is 3. The molecule has 0 radical (unpaired) electrons. The van der Waals surface area contributed by atoms with Crippen molar-refractivity contribution in [3.05, 3.63) is 63.9 Å². The number of benzene rings is 1. The van der Waals surface area contributed by atoms with Gasteiger partial charge >= 0.3 is 0 Å². The molecule has 2 aromatic heterocycles. The minimum atomic E-state index is -0.383. The van der Waals surface area contributed by atoms with Crippen LogP contribution in [0.2, 0.25) is 5.02 Å². The van der Waals surface area contributed by atoms with E-state index >= 15 is 0 Å². The number of halogens is 3. The van der Waals surface area contributed by atoms with Gasteiger partial charge in [0.05, 0.1) is 29.1 Å². The van der Waals surface area contributed by atoms with E-state index in [2.05, 4.69) is 31.4 Å². The fourth-order valence-corrected chi connectivity index (χ4v) is 2.79. The van der Waals surface area contributed by atoms with Crippen molar-refractivity contribution in [2.24, 2.45) is 0 Å². The molecule has 0 unspecified atom stereocenters. The average Bonchev–Trinajstić information content (AvgIpc) is 3.17. The minimum absolute atomic E-state index is 0.133. The summed E-state index contributed by atoms with van der Waals surface area (Å²) in [6.07, 6.45) is 7.02. The lowest BCUT2D eigenvalue weighted by atomic mass is 10.2. The Morgan fingerprint density at radius 1 is 1.24 bits per heavy atom. The molecule has 130 valence electrons. The number of hydrogen-bond donors (Lipinski definition) is 1. The van der Waals surface area contributed by atoms with Gasteiger partial charge in [-0.2, -0.15) is 10.2 Å². The summed E-state index contributed by atoms with van der Waals surface area (Å²) in [5, 5.41) is 11.4. The van der Waals surface area contributed by atoms with Gasteiger partial charge in [0.25, 0.3) is 0 Å². The van der Waals surface area contributed by atoms with Crippen molar-refractivity contribution in [1.82, 2.24) is 19.6 Å². The molecule has 0 aliphatic carbocycles. The lowest BCUT2D eigenvalue weighted by Gasteiger charge is -2.05. The van der Waals surface area contributed by atoms with Gasteiger partial charge in [-0.1, -0.05) is 17.7 Å². The third kappa shape index (κ3) is 4.90. The molecule has 6 nitrogen and oxygen atoms in total. The Balaban J connectivity index is 1.55. The van der Waals surface area contributed by atoms with E-state index in [1.54, 1.807) is 40.2 Å². The molecule has 0 saturated heterocycles. The predicted molar refractivity (Wildman–Crippen MR) is 95.9 cm³/mol. The minimum Gasteiger partial charge on any atom is -0.323 e. The second kappa shape index (κ2) is 7.79. The lowest BCUT2D eigenvalue weighted by Crippen LogP contribution is -2.14. The first-order valence-corrected chi connectivity index (χ1v) is 8.61. The Morgan fingerprint density at radius 2 is 2.04 bits per heavy atom. The summed E-state index contributed by atoms with van der Waals surface area (Å²) < 4.78 is 17.2. The van der Waals surface area contributed by atoms with Crippen LogP contribution in [0.4, 0.5) is 10.1 Å². The van der Waals surface area contributed by atoms with Crippen LogP contribution in [0, 0.1) is 5.82 Å². The Bertz CT molecular complexity index is 894. The monoisotopic (exact) mass is 425 g/mol. The summed E-state index contributed by atoms with van der Waals surface area (Å²) in [4.78, 5) is 12.0. The summed E-state index contributed by atoms with van der Waals surface area (Å²) in [5.74, 6) is -0.516. The van der Waals surface area contributed by atoms with Crippen LogP contribution in [0.15, 0.2) is 47.5 Å². The van der Waals surface area contributed by atoms with E-state index in [0.29, 0.717) is 30.2 Å². The number of aryl methyl sites for hydroxylation is 1. The van der Waals surface area contributed by atoms with Crippen LogP contribution in [-0.2, 0) is 17.9 Å². The molecule has 0 fully saturated rings. The molecular weight excluding hydrogens is 413 g/mol. The average molecular weight is 427 g/mol. The van der Waals surface area contributed by atoms with Gasteiger partial charge in [0.15, 0.2) is 0 Å². The molecule has 0 aliphatic heterocycles. The van der Waals surface area contributed by atoms with E-state index < -0.39 is 0 Å². The number of carbonyl (C=O) groups excluding carboxylic acids is 1. The van der Waals surface area contributed by atoms with Crippen molar-refractivity contribution in [3.8, 4) is 0 Å². The third-order valence-corrected chi connectivity index (χ3v) is 4.20. The highest BCUT2D eigenvalue weighted by atomic mass is 79.9. The summed E-state index contributed by atoms with van der Waals surface area (Å²) in [7, 11) is 0. The SMILES string of the molecule is O=C(CCn1cc(Br)cn1)Nc1cnn(Cc2ccc(F)cc2Cl)c1. The maximum atomic E-state index is 13.1. The maximum Gasteiger partial charge on any atom is 0.226 e. The van der Waals surface area contributed by atoms with Crippen molar-refractivity contribution in [2.75, 3.05) is 5.32 Å². The molecule has 0 atom stereocenters. The van der Waals surface area contributed by atoms with E-state index in [4.69, 9.17) is 11.6 Å². The number of amides is 1. The molecule has 1 N–H and O–H groups in total. The molecule has 1 aromatic carbocycles. The fraction of sp³-hybridized carbons (Fsp3) is 0.188. The first-order valence-electron chi connectivity index (χ1n) is 7.44. The molecule has 0 spiro atoms. The number of rotatable bonds is 6. The van der Waals surface area contributed by atoms with Gasteiger partial charge in [0.2, 0.25) is 5.91 Å². The maximum absolute atomic E-state index is 13.1. The van der Waals surface area contributed by atoms with E-state index in [-0.39, 0.29) is 11.7 Å². The molecule has 9 heteroatoms. The Hall–Kier alpha value is -2.19. The Kier molecular flexibility index (Phi) is 5.50. The summed E-state index contributed by atoms with van der Waals surface area (Å²) in [5.41, 5.74) is 1.33. The fourth-order valence-electron chi connectivity index (χ4n) is 2.24. The molecule has 1 amide bonds. The Morgan fingerprint density at radius 3 is 2.76 bits per heavy atom. The molecule has 0 saturated carbocycles. The lowest BCUT2D eigenvalue weighted by molar-refractivity contribution is -0.116. The molecule has 3 rings (SSSR count). The first kappa shape index (κ1) is 17.6. The smallest absolute Gasteiger partial charge is 0.226 e. The van der Waals surface area contributed by atoms with Crippen molar-refractivity contribution in [1.29, 1.82) is 0 Å². The largest absolute Gasteiger partial charge is 0.323 e. The number of nitrogens with one attached hydrogen (secondary N) is 1. The van der Waals surface area contributed by atoms with Gasteiger partial charge in [-0.3, -0.25) is 14.2 Å². The normalized spacial score (nSPS) is 10.8. The zero-order valence-corrected chi connectivity index (χ0v) is 15.3. The van der Waals surface area contributed by atoms with Gasteiger partial charge in [0, 0.05) is 30.4 Å². The van der Waals surface area contributed by atoms with Gasteiger partial charge in [-0.15, -0.1) is 0 Å². The standard InChI is InChI=1S/C16H14BrClFN5O/c17-12-6-20-23(9-12)4-3-16(25)22-14-7-21-24(10-14)8-11-1-2-13(19)5-15(11)18/h1-2,5-7,9-10H,3-4,8H2,(H,22,25). The molecular formula is C16H14BrClFN5O. The zero-order chi connectivity index (χ0) is 17.8. The van der Waals surface area contributed by atoms with E-state index in [0.717, 1.165) is 10.0 Å². The highest BCUT2D eigenvalue weighted by Crippen LogP contribution is 2.19. The molecule has 3 aromatic rings. The Labute approximate surface area is 156 Å². The number of nitrogens with zero attached hydrogens (tertiary/aromatic N) is 4. The van der Waals surface area contributed by atoms with Crippen LogP contribution in [0.1, 0.15) is 12.0 Å². The number of carbonyl (C=O) groups is 1. The van der Waals surface area contributed by atoms with Crippen LogP contribution >= 0.6 is 27.5 Å². The van der Waals surface area contributed by atoms with Crippen LogP contribution in [0.25, 0.3) is 0 Å². The first-order chi connectivity index (χ1) is 12.0. The van der Waals surface area contributed by atoms with Crippen molar-refractivity contribution in [3.63, 3.8) is 0 Å². The quantitative estimate of drug-likeness (QED) is 0.653. The summed E-state index contributed by atoms with van der Waals surface area (Å²) >= 11 is 9.32. The highest BCUT2D eigenvalue weighted by Gasteiger charge is 2.08. The summed E-state index contributed by atoms with van der Waals surface area (Å²) in [6, 6.07) is 4.22. The summed E-state index contributed by atoms with van der Waals surface area (Å²) in [6.45, 7) is 0.868. The number of aromatic nitrogens is 4. The zero-order valence-electron chi connectivity index (χ0n) is 13.0. The van der Waals surface area contributed by atoms with Crippen molar-refractivity contribution in [2.45, 2.75) is 19.5 Å².